The van der Waals surface area contributed by atoms with Gasteiger partial charge >= 0.3 is 0 Å². The molecule has 0 saturated heterocycles. The Hall–Kier alpha value is -1.51. The van der Waals surface area contributed by atoms with Crippen LogP contribution >= 0.6 is 11.6 Å². The van der Waals surface area contributed by atoms with E-state index < -0.39 is 0 Å². The van der Waals surface area contributed by atoms with Gasteiger partial charge in [-0.1, -0.05) is 30.7 Å². The Labute approximate surface area is 132 Å². The van der Waals surface area contributed by atoms with Crippen LogP contribution in [-0.4, -0.2) is 13.7 Å². The molecule has 112 valence electrons. The highest BCUT2D eigenvalue weighted by molar-refractivity contribution is 6.30. The van der Waals surface area contributed by atoms with E-state index in [1.165, 1.54) is 22.3 Å². The first kappa shape index (κ1) is 15.9. The van der Waals surface area contributed by atoms with E-state index in [-0.39, 0.29) is 0 Å². The van der Waals surface area contributed by atoms with Crippen molar-refractivity contribution in [1.82, 2.24) is 5.32 Å². The average molecular weight is 304 g/mol. The molecule has 0 aliphatic carbocycles. The van der Waals surface area contributed by atoms with Crippen LogP contribution in [0.2, 0.25) is 5.02 Å². The molecule has 0 spiro atoms. The molecule has 0 saturated carbocycles. The van der Waals surface area contributed by atoms with Crippen molar-refractivity contribution in [2.75, 3.05) is 13.7 Å². The molecule has 0 fully saturated rings. The third-order valence-electron chi connectivity index (χ3n) is 3.53. The summed E-state index contributed by atoms with van der Waals surface area (Å²) >= 11 is 6.16. The number of hydrogen-bond donors (Lipinski definition) is 1. The molecule has 0 aliphatic heterocycles. The molecule has 0 heterocycles. The Bertz CT molecular complexity index is 610. The van der Waals surface area contributed by atoms with Crippen molar-refractivity contribution in [3.8, 4) is 16.9 Å². The van der Waals surface area contributed by atoms with E-state index in [1.807, 2.05) is 18.2 Å². The maximum absolute atomic E-state index is 6.16. The van der Waals surface area contributed by atoms with E-state index >= 15 is 0 Å². The highest BCUT2D eigenvalue weighted by Gasteiger charge is 2.09. The lowest BCUT2D eigenvalue weighted by Gasteiger charge is -2.14. The Morgan fingerprint density at radius 2 is 1.86 bits per heavy atom. The second-order valence-electron chi connectivity index (χ2n) is 5.16. The number of ether oxygens (including phenoxy) is 1. The summed E-state index contributed by atoms with van der Waals surface area (Å²) in [6, 6.07) is 12.3. The maximum Gasteiger partial charge on any atom is 0.119 e. The van der Waals surface area contributed by atoms with Crippen molar-refractivity contribution in [3.63, 3.8) is 0 Å². The monoisotopic (exact) mass is 303 g/mol. The van der Waals surface area contributed by atoms with Gasteiger partial charge in [0.25, 0.3) is 0 Å². The lowest BCUT2D eigenvalue weighted by molar-refractivity contribution is 0.414. The standard InChI is InChI=1S/C18H22ClNO/c1-4-9-20-12-14-11-15(19)5-7-18(14)17-8-6-16(21-3)10-13(17)2/h5-8,10-11,20H,4,9,12H2,1-3H3. The summed E-state index contributed by atoms with van der Waals surface area (Å²) in [6.45, 7) is 6.11. The molecule has 0 amide bonds. The van der Waals surface area contributed by atoms with Gasteiger partial charge in [0.15, 0.2) is 0 Å². The number of methoxy groups -OCH3 is 1. The zero-order valence-electron chi connectivity index (χ0n) is 12.9. The van der Waals surface area contributed by atoms with Crippen molar-refractivity contribution in [1.29, 1.82) is 0 Å². The molecule has 2 aromatic carbocycles. The number of rotatable bonds is 6. The Kier molecular flexibility index (Phi) is 5.66. The molecule has 3 heteroatoms. The van der Waals surface area contributed by atoms with E-state index in [0.717, 1.165) is 30.3 Å². The summed E-state index contributed by atoms with van der Waals surface area (Å²) < 4.78 is 5.28. The van der Waals surface area contributed by atoms with Gasteiger partial charge in [0.05, 0.1) is 7.11 Å². The van der Waals surface area contributed by atoms with Gasteiger partial charge in [0, 0.05) is 11.6 Å². The summed E-state index contributed by atoms with van der Waals surface area (Å²) in [7, 11) is 1.69. The molecule has 2 nitrogen and oxygen atoms in total. The molecule has 0 atom stereocenters. The van der Waals surface area contributed by atoms with Crippen LogP contribution in [-0.2, 0) is 6.54 Å². The molecule has 0 radical (unpaired) electrons. The van der Waals surface area contributed by atoms with E-state index in [4.69, 9.17) is 16.3 Å². The van der Waals surface area contributed by atoms with Crippen molar-refractivity contribution in [2.24, 2.45) is 0 Å². The molecule has 2 rings (SSSR count). The van der Waals surface area contributed by atoms with Crippen LogP contribution in [0.15, 0.2) is 36.4 Å². The second kappa shape index (κ2) is 7.48. The predicted molar refractivity (Wildman–Crippen MR) is 90.2 cm³/mol. The Balaban J connectivity index is 2.38. The van der Waals surface area contributed by atoms with Crippen LogP contribution in [0, 0.1) is 6.92 Å². The second-order valence-corrected chi connectivity index (χ2v) is 5.60. The highest BCUT2D eigenvalue weighted by atomic mass is 35.5. The van der Waals surface area contributed by atoms with Gasteiger partial charge in [-0.15, -0.1) is 0 Å². The fourth-order valence-corrected chi connectivity index (χ4v) is 2.63. The quantitative estimate of drug-likeness (QED) is 0.772. The van der Waals surface area contributed by atoms with Crippen LogP contribution in [0.4, 0.5) is 0 Å². The van der Waals surface area contributed by atoms with E-state index in [2.05, 4.69) is 37.4 Å². The fraction of sp³-hybridized carbons (Fsp3) is 0.333. The van der Waals surface area contributed by atoms with E-state index in [9.17, 15) is 0 Å². The van der Waals surface area contributed by atoms with E-state index in [1.54, 1.807) is 7.11 Å². The summed E-state index contributed by atoms with van der Waals surface area (Å²) in [4.78, 5) is 0. The topological polar surface area (TPSA) is 21.3 Å². The SMILES string of the molecule is CCCNCc1cc(Cl)ccc1-c1ccc(OC)cc1C. The number of benzene rings is 2. The molecule has 1 N–H and O–H groups in total. The molecular formula is C18H22ClNO. The lowest BCUT2D eigenvalue weighted by Crippen LogP contribution is -2.14. The largest absolute Gasteiger partial charge is 0.497 e. The molecule has 0 bridgehead atoms. The van der Waals surface area contributed by atoms with Crippen LogP contribution in [0.3, 0.4) is 0 Å². The smallest absolute Gasteiger partial charge is 0.119 e. The third-order valence-corrected chi connectivity index (χ3v) is 3.77. The molecule has 2 aromatic rings. The van der Waals surface area contributed by atoms with Gasteiger partial charge in [-0.25, -0.2) is 0 Å². The normalized spacial score (nSPS) is 10.7. The summed E-state index contributed by atoms with van der Waals surface area (Å²) in [5.41, 5.74) is 4.88. The first-order valence-corrected chi connectivity index (χ1v) is 7.67. The molecule has 21 heavy (non-hydrogen) atoms. The minimum atomic E-state index is 0.776. The van der Waals surface area contributed by atoms with Crippen LogP contribution in [0.5, 0.6) is 5.75 Å². The molecule has 0 aliphatic rings. The number of nitrogens with one attached hydrogen (secondary N) is 1. The molecular weight excluding hydrogens is 282 g/mol. The first-order chi connectivity index (χ1) is 10.2. The third kappa shape index (κ3) is 3.99. The maximum atomic E-state index is 6.16. The Morgan fingerprint density at radius 3 is 2.52 bits per heavy atom. The summed E-state index contributed by atoms with van der Waals surface area (Å²) in [5.74, 6) is 0.885. The van der Waals surface area contributed by atoms with Crippen LogP contribution < -0.4 is 10.1 Å². The van der Waals surface area contributed by atoms with Gasteiger partial charge in [-0.3, -0.25) is 0 Å². The Morgan fingerprint density at radius 1 is 1.10 bits per heavy atom. The van der Waals surface area contributed by atoms with Crippen molar-refractivity contribution >= 4 is 11.6 Å². The lowest BCUT2D eigenvalue weighted by atomic mass is 9.95. The van der Waals surface area contributed by atoms with Gasteiger partial charge in [0.2, 0.25) is 0 Å². The number of halogens is 1. The van der Waals surface area contributed by atoms with Crippen molar-refractivity contribution in [2.45, 2.75) is 26.8 Å². The predicted octanol–water partition coefficient (Wildman–Crippen LogP) is 4.82. The van der Waals surface area contributed by atoms with Crippen LogP contribution in [0.1, 0.15) is 24.5 Å². The van der Waals surface area contributed by atoms with E-state index in [0.29, 0.717) is 0 Å². The molecule has 0 aromatic heterocycles. The van der Waals surface area contributed by atoms with Gasteiger partial charge < -0.3 is 10.1 Å². The van der Waals surface area contributed by atoms with Gasteiger partial charge in [-0.05, 0) is 66.4 Å². The van der Waals surface area contributed by atoms with Crippen molar-refractivity contribution < 1.29 is 4.74 Å². The summed E-state index contributed by atoms with van der Waals surface area (Å²) in [6.07, 6.45) is 1.12. The number of aryl methyl sites for hydroxylation is 1. The highest BCUT2D eigenvalue weighted by Crippen LogP contribution is 2.31. The van der Waals surface area contributed by atoms with Gasteiger partial charge in [-0.2, -0.15) is 0 Å². The zero-order valence-corrected chi connectivity index (χ0v) is 13.6. The number of hydrogen-bond acceptors (Lipinski definition) is 2. The minimum absolute atomic E-state index is 0.776. The molecule has 0 unspecified atom stereocenters. The first-order valence-electron chi connectivity index (χ1n) is 7.30. The van der Waals surface area contributed by atoms with Crippen molar-refractivity contribution in [3.05, 3.63) is 52.5 Å². The van der Waals surface area contributed by atoms with Crippen LogP contribution in [0.25, 0.3) is 11.1 Å². The minimum Gasteiger partial charge on any atom is -0.497 e. The summed E-state index contributed by atoms with van der Waals surface area (Å²) in [5, 5.41) is 4.22. The average Bonchev–Trinajstić information content (AvgIpc) is 2.48. The van der Waals surface area contributed by atoms with Gasteiger partial charge in [0.1, 0.15) is 5.75 Å². The fourth-order valence-electron chi connectivity index (χ4n) is 2.44. The zero-order chi connectivity index (χ0) is 15.2.